The van der Waals surface area contributed by atoms with E-state index >= 15 is 0 Å². The van der Waals surface area contributed by atoms with Crippen LogP contribution in [-0.4, -0.2) is 16.7 Å². The van der Waals surface area contributed by atoms with Gasteiger partial charge in [-0.15, -0.1) is 0 Å². The van der Waals surface area contributed by atoms with Gasteiger partial charge in [-0.1, -0.05) is 29.8 Å². The van der Waals surface area contributed by atoms with Crippen molar-refractivity contribution in [3.63, 3.8) is 0 Å². The molecule has 0 unspecified atom stereocenters. The van der Waals surface area contributed by atoms with Gasteiger partial charge in [0.2, 0.25) is 0 Å². The lowest BCUT2D eigenvalue weighted by atomic mass is 10.1. The second-order valence-electron chi connectivity index (χ2n) is 3.97. The number of hydrogen-bond acceptors (Lipinski definition) is 2. The second kappa shape index (κ2) is 4.39. The molecule has 0 spiro atoms. The predicted octanol–water partition coefficient (Wildman–Crippen LogP) is 3.13. The van der Waals surface area contributed by atoms with Crippen LogP contribution in [0.5, 0.6) is 0 Å². The number of anilines is 1. The van der Waals surface area contributed by atoms with E-state index in [9.17, 15) is 0 Å². The van der Waals surface area contributed by atoms with E-state index in [4.69, 9.17) is 0 Å². The van der Waals surface area contributed by atoms with Crippen molar-refractivity contribution in [2.45, 2.75) is 20.8 Å². The zero-order chi connectivity index (χ0) is 11.5. The molecule has 1 aromatic heterocycles. The molecule has 1 aromatic carbocycles. The van der Waals surface area contributed by atoms with Gasteiger partial charge in [0.15, 0.2) is 5.82 Å². The summed E-state index contributed by atoms with van der Waals surface area (Å²) in [6, 6.07) is 8.46. The number of aryl methyl sites for hydroxylation is 1. The Hall–Kier alpha value is -1.77. The molecule has 3 heteroatoms. The van der Waals surface area contributed by atoms with E-state index in [1.54, 1.807) is 0 Å². The second-order valence-corrected chi connectivity index (χ2v) is 3.97. The van der Waals surface area contributed by atoms with Crippen LogP contribution in [0.25, 0.3) is 11.3 Å². The topological polar surface area (TPSA) is 40.7 Å². The summed E-state index contributed by atoms with van der Waals surface area (Å²) in [5.41, 5.74) is 4.72. The summed E-state index contributed by atoms with van der Waals surface area (Å²) in [5, 5.41) is 10.6. The molecule has 3 nitrogen and oxygen atoms in total. The first-order valence-corrected chi connectivity index (χ1v) is 5.58. The van der Waals surface area contributed by atoms with Gasteiger partial charge in [0.1, 0.15) is 0 Å². The van der Waals surface area contributed by atoms with Crippen molar-refractivity contribution in [2.75, 3.05) is 11.9 Å². The molecule has 0 aliphatic rings. The third-order valence-corrected chi connectivity index (χ3v) is 2.69. The molecule has 84 valence electrons. The van der Waals surface area contributed by atoms with E-state index in [-0.39, 0.29) is 0 Å². The fourth-order valence-electron chi connectivity index (χ4n) is 1.74. The Bertz CT molecular complexity index is 468. The Labute approximate surface area is 95.9 Å². The van der Waals surface area contributed by atoms with Crippen LogP contribution in [0, 0.1) is 13.8 Å². The SMILES string of the molecule is CCNc1n[nH]c(-c2ccc(C)cc2)c1C. The van der Waals surface area contributed by atoms with Gasteiger partial charge in [-0.25, -0.2) is 0 Å². The highest BCUT2D eigenvalue weighted by Gasteiger charge is 2.09. The molecule has 0 fully saturated rings. The van der Waals surface area contributed by atoms with E-state index in [2.05, 4.69) is 60.6 Å². The number of aromatic amines is 1. The Morgan fingerprint density at radius 1 is 1.19 bits per heavy atom. The van der Waals surface area contributed by atoms with Crippen LogP contribution in [0.4, 0.5) is 5.82 Å². The van der Waals surface area contributed by atoms with Gasteiger partial charge < -0.3 is 5.32 Å². The molecule has 0 bridgehead atoms. The Morgan fingerprint density at radius 3 is 2.50 bits per heavy atom. The minimum Gasteiger partial charge on any atom is -0.369 e. The third-order valence-electron chi connectivity index (χ3n) is 2.69. The van der Waals surface area contributed by atoms with Crippen molar-refractivity contribution in [1.82, 2.24) is 10.2 Å². The first kappa shape index (κ1) is 10.7. The number of hydrogen-bond donors (Lipinski definition) is 2. The zero-order valence-corrected chi connectivity index (χ0v) is 9.96. The average Bonchev–Trinajstić information content (AvgIpc) is 2.63. The maximum Gasteiger partial charge on any atom is 0.151 e. The van der Waals surface area contributed by atoms with Gasteiger partial charge in [0.25, 0.3) is 0 Å². The number of nitrogens with zero attached hydrogens (tertiary/aromatic N) is 1. The van der Waals surface area contributed by atoms with E-state index in [0.29, 0.717) is 0 Å². The lowest BCUT2D eigenvalue weighted by molar-refractivity contribution is 1.07. The van der Waals surface area contributed by atoms with Crippen LogP contribution >= 0.6 is 0 Å². The van der Waals surface area contributed by atoms with Crippen molar-refractivity contribution >= 4 is 5.82 Å². The Morgan fingerprint density at radius 2 is 1.88 bits per heavy atom. The van der Waals surface area contributed by atoms with Gasteiger partial charge in [0.05, 0.1) is 5.69 Å². The standard InChI is InChI=1S/C13H17N3/c1-4-14-13-10(3)12(15-16-13)11-7-5-9(2)6-8-11/h5-8H,4H2,1-3H3,(H2,14,15,16). The molecule has 0 saturated heterocycles. The lowest BCUT2D eigenvalue weighted by Gasteiger charge is -2.02. The highest BCUT2D eigenvalue weighted by Crippen LogP contribution is 2.25. The van der Waals surface area contributed by atoms with Crippen molar-refractivity contribution in [2.24, 2.45) is 0 Å². The first-order valence-electron chi connectivity index (χ1n) is 5.58. The van der Waals surface area contributed by atoms with Gasteiger partial charge in [0, 0.05) is 12.1 Å². The predicted molar refractivity (Wildman–Crippen MR) is 67.7 cm³/mol. The maximum atomic E-state index is 4.27. The molecule has 0 amide bonds. The molecule has 16 heavy (non-hydrogen) atoms. The number of nitrogens with one attached hydrogen (secondary N) is 2. The summed E-state index contributed by atoms with van der Waals surface area (Å²) in [4.78, 5) is 0. The first-order chi connectivity index (χ1) is 7.72. The average molecular weight is 215 g/mol. The quantitative estimate of drug-likeness (QED) is 0.825. The fraction of sp³-hybridized carbons (Fsp3) is 0.308. The van der Waals surface area contributed by atoms with Crippen molar-refractivity contribution in [3.05, 3.63) is 35.4 Å². The molecule has 0 aliphatic heterocycles. The summed E-state index contributed by atoms with van der Waals surface area (Å²) >= 11 is 0. The summed E-state index contributed by atoms with van der Waals surface area (Å²) in [6.45, 7) is 7.13. The number of aromatic nitrogens is 2. The van der Waals surface area contributed by atoms with Gasteiger partial charge in [-0.05, 0) is 26.3 Å². The third kappa shape index (κ3) is 1.94. The van der Waals surface area contributed by atoms with Gasteiger partial charge >= 0.3 is 0 Å². The summed E-state index contributed by atoms with van der Waals surface area (Å²) < 4.78 is 0. The van der Waals surface area contributed by atoms with Crippen molar-refractivity contribution < 1.29 is 0 Å². The zero-order valence-electron chi connectivity index (χ0n) is 9.96. The van der Waals surface area contributed by atoms with Crippen LogP contribution in [0.15, 0.2) is 24.3 Å². The molecule has 0 aliphatic carbocycles. The maximum absolute atomic E-state index is 4.27. The number of H-pyrrole nitrogens is 1. The molecule has 2 N–H and O–H groups in total. The van der Waals surface area contributed by atoms with E-state index in [1.807, 2.05) is 0 Å². The highest BCUT2D eigenvalue weighted by atomic mass is 15.2. The minimum absolute atomic E-state index is 0.888. The lowest BCUT2D eigenvalue weighted by Crippen LogP contribution is -1.97. The molecule has 0 saturated carbocycles. The summed E-state index contributed by atoms with van der Waals surface area (Å²) in [6.07, 6.45) is 0. The van der Waals surface area contributed by atoms with Crippen LogP contribution in [0.3, 0.4) is 0 Å². The molecule has 0 atom stereocenters. The number of benzene rings is 1. The van der Waals surface area contributed by atoms with Crippen LogP contribution in [0.1, 0.15) is 18.1 Å². The smallest absolute Gasteiger partial charge is 0.151 e. The van der Waals surface area contributed by atoms with Gasteiger partial charge in [-0.2, -0.15) is 5.10 Å². The van der Waals surface area contributed by atoms with Crippen molar-refractivity contribution in [3.8, 4) is 11.3 Å². The van der Waals surface area contributed by atoms with Crippen LogP contribution in [-0.2, 0) is 0 Å². The minimum atomic E-state index is 0.888. The summed E-state index contributed by atoms with van der Waals surface area (Å²) in [7, 11) is 0. The Balaban J connectivity index is 2.37. The molecule has 1 heterocycles. The van der Waals surface area contributed by atoms with Gasteiger partial charge in [-0.3, -0.25) is 5.10 Å². The Kier molecular flexibility index (Phi) is 2.95. The largest absolute Gasteiger partial charge is 0.369 e. The monoisotopic (exact) mass is 215 g/mol. The molecule has 2 aromatic rings. The molecular weight excluding hydrogens is 198 g/mol. The summed E-state index contributed by atoms with van der Waals surface area (Å²) in [5.74, 6) is 0.943. The fourth-order valence-corrected chi connectivity index (χ4v) is 1.74. The molecule has 2 rings (SSSR count). The highest BCUT2D eigenvalue weighted by molar-refractivity contribution is 5.68. The number of rotatable bonds is 3. The van der Waals surface area contributed by atoms with Crippen LogP contribution in [0.2, 0.25) is 0 Å². The van der Waals surface area contributed by atoms with Crippen molar-refractivity contribution in [1.29, 1.82) is 0 Å². The van der Waals surface area contributed by atoms with E-state index in [1.165, 1.54) is 16.7 Å². The molecule has 0 radical (unpaired) electrons. The van der Waals surface area contributed by atoms with Crippen LogP contribution < -0.4 is 5.32 Å². The normalized spacial score (nSPS) is 10.4. The van der Waals surface area contributed by atoms with E-state index in [0.717, 1.165) is 18.1 Å². The van der Waals surface area contributed by atoms with E-state index < -0.39 is 0 Å². The molecular formula is C13H17N3.